The topological polar surface area (TPSA) is 120 Å². The Labute approximate surface area is 161 Å². The zero-order chi connectivity index (χ0) is 17.6. The van der Waals surface area contributed by atoms with Crippen molar-refractivity contribution in [3.63, 3.8) is 0 Å². The van der Waals surface area contributed by atoms with E-state index in [9.17, 15) is 29.7 Å². The Bertz CT molecular complexity index is 368. The van der Waals surface area contributed by atoms with E-state index in [0.29, 0.717) is 0 Å². The maximum absolute atomic E-state index is 9.98. The molecule has 0 aromatic rings. The summed E-state index contributed by atoms with van der Waals surface area (Å²) in [5.41, 5.74) is 0. The molecule has 0 unspecified atom stereocenters. The van der Waals surface area contributed by atoms with Crippen molar-refractivity contribution in [1.82, 2.24) is 0 Å². The Morgan fingerprint density at radius 3 is 0.682 bits per heavy atom. The Hall–Kier alpha value is -1.10. The van der Waals surface area contributed by atoms with Gasteiger partial charge in [0.05, 0.1) is 0 Å². The molecule has 0 saturated carbocycles. The maximum Gasteiger partial charge on any atom is 3.00 e. The molecule has 0 atom stereocenters. The van der Waals surface area contributed by atoms with Gasteiger partial charge in [0.15, 0.2) is 17.3 Å². The van der Waals surface area contributed by atoms with Crippen LogP contribution in [0.25, 0.3) is 0 Å². The first-order valence-corrected chi connectivity index (χ1v) is 5.96. The average molecular weight is 460 g/mol. The summed E-state index contributed by atoms with van der Waals surface area (Å²) >= 11 is 0. The minimum absolute atomic E-state index is 0. The standard InChI is InChI=1S/3C5H8O2.Dy/c3*1-4(6)3-5(2)7;/h3*3,6H,1-2H3;/q;;;+3/p-3/b3*4-3-;. The van der Waals surface area contributed by atoms with E-state index in [4.69, 9.17) is 0 Å². The Kier molecular flexibility index (Phi) is 23.6. The van der Waals surface area contributed by atoms with Gasteiger partial charge in [-0.1, -0.05) is 20.8 Å². The number of rotatable bonds is 3. The van der Waals surface area contributed by atoms with Crippen LogP contribution in [0.15, 0.2) is 35.5 Å². The van der Waals surface area contributed by atoms with Crippen LogP contribution in [0.2, 0.25) is 0 Å². The predicted molar refractivity (Wildman–Crippen MR) is 73.3 cm³/mol. The van der Waals surface area contributed by atoms with E-state index in [2.05, 4.69) is 0 Å². The second kappa shape index (κ2) is 18.0. The summed E-state index contributed by atoms with van der Waals surface area (Å²) in [6.45, 7) is 8.09. The third-order valence-electron chi connectivity index (χ3n) is 1.22. The summed E-state index contributed by atoms with van der Waals surface area (Å²) in [5, 5.41) is 29.9. The predicted octanol–water partition coefficient (Wildman–Crippen LogP) is -0.481. The molecule has 0 rings (SSSR count). The monoisotopic (exact) mass is 461 g/mol. The van der Waals surface area contributed by atoms with Gasteiger partial charge in [0.1, 0.15) is 0 Å². The van der Waals surface area contributed by atoms with Gasteiger partial charge in [0.25, 0.3) is 0 Å². The Morgan fingerprint density at radius 1 is 0.545 bits per heavy atom. The van der Waals surface area contributed by atoms with Gasteiger partial charge in [-0.15, -0.1) is 17.3 Å². The number of carbonyl (C=O) groups is 3. The minimum atomic E-state index is -0.187. The van der Waals surface area contributed by atoms with Crippen molar-refractivity contribution in [3.05, 3.63) is 35.5 Å². The Morgan fingerprint density at radius 2 is 0.682 bits per heavy atom. The van der Waals surface area contributed by atoms with Crippen molar-refractivity contribution in [1.29, 1.82) is 0 Å². The number of allylic oxidation sites excluding steroid dienone is 6. The van der Waals surface area contributed by atoms with Gasteiger partial charge >= 0.3 is 38.2 Å². The van der Waals surface area contributed by atoms with Crippen molar-refractivity contribution in [2.45, 2.75) is 41.5 Å². The van der Waals surface area contributed by atoms with Crippen molar-refractivity contribution < 1.29 is 67.9 Å². The number of hydrogen-bond acceptors (Lipinski definition) is 6. The normalized spacial score (nSPS) is 10.9. The fourth-order valence-electron chi connectivity index (χ4n) is 0.859. The molecule has 1 radical (unpaired) electrons. The maximum atomic E-state index is 9.98. The summed E-state index contributed by atoms with van der Waals surface area (Å²) < 4.78 is 0. The summed E-state index contributed by atoms with van der Waals surface area (Å²) in [4.78, 5) is 29.9. The van der Waals surface area contributed by atoms with Crippen molar-refractivity contribution >= 4 is 17.3 Å². The van der Waals surface area contributed by atoms with Gasteiger partial charge < -0.3 is 15.3 Å². The zero-order valence-corrected chi connectivity index (χ0v) is 15.5. The summed E-state index contributed by atoms with van der Waals surface area (Å²) in [7, 11) is 0. The molecule has 0 amide bonds. The number of ketones is 3. The summed E-state index contributed by atoms with van der Waals surface area (Å²) in [6.07, 6.45) is 3.17. The molecule has 0 spiro atoms. The van der Waals surface area contributed by atoms with E-state index >= 15 is 0 Å². The van der Waals surface area contributed by atoms with Gasteiger partial charge in [0, 0.05) is 0 Å². The fourth-order valence-corrected chi connectivity index (χ4v) is 0.859. The second-order valence-corrected chi connectivity index (χ2v) is 4.10. The van der Waals surface area contributed by atoms with E-state index in [1.807, 2.05) is 0 Å². The largest absolute Gasteiger partial charge is 3.00 e. The SMILES string of the molecule is CC(=O)/C=C(/C)[O-].CC(=O)/C=C(/C)[O-].CC(=O)/C=C(/C)[O-].[Dy+3]. The van der Waals surface area contributed by atoms with Gasteiger partial charge in [-0.3, -0.25) is 14.4 Å². The molecule has 0 bridgehead atoms. The summed E-state index contributed by atoms with van der Waals surface area (Å²) in [6, 6.07) is 0. The molecule has 0 aliphatic carbocycles. The molecule has 0 saturated heterocycles. The van der Waals surface area contributed by atoms with Crippen LogP contribution in [0, 0.1) is 38.2 Å². The third-order valence-corrected chi connectivity index (χ3v) is 1.22. The smallest absolute Gasteiger partial charge is 0.876 e. The van der Waals surface area contributed by atoms with E-state index in [0.717, 1.165) is 18.2 Å². The van der Waals surface area contributed by atoms with Crippen LogP contribution in [0.5, 0.6) is 0 Å². The van der Waals surface area contributed by atoms with Crippen LogP contribution in [-0.4, -0.2) is 17.3 Å². The van der Waals surface area contributed by atoms with Crippen molar-refractivity contribution in [2.75, 3.05) is 0 Å². The molecule has 6 nitrogen and oxygen atoms in total. The molecule has 0 aromatic heterocycles. The van der Waals surface area contributed by atoms with Crippen molar-refractivity contribution in [3.8, 4) is 0 Å². The molecule has 0 heterocycles. The number of hydrogen-bond donors (Lipinski definition) is 0. The molecule has 0 fully saturated rings. The first-order chi connectivity index (χ1) is 9.38. The molecule has 0 N–H and O–H groups in total. The van der Waals surface area contributed by atoms with Crippen LogP contribution in [0.4, 0.5) is 0 Å². The quantitative estimate of drug-likeness (QED) is 0.415. The molecule has 7 heteroatoms. The van der Waals surface area contributed by atoms with Crippen LogP contribution < -0.4 is 15.3 Å². The van der Waals surface area contributed by atoms with Crippen LogP contribution in [0.3, 0.4) is 0 Å². The molecule has 0 aliphatic rings. The molecular formula is C15H21DyO6. The summed E-state index contributed by atoms with van der Waals surface area (Å²) in [5.74, 6) is -1.12. The van der Waals surface area contributed by atoms with Crippen LogP contribution in [-0.2, 0) is 14.4 Å². The second-order valence-electron chi connectivity index (χ2n) is 4.10. The first-order valence-electron chi connectivity index (χ1n) is 5.96. The van der Waals surface area contributed by atoms with Gasteiger partial charge in [-0.25, -0.2) is 0 Å². The van der Waals surface area contributed by atoms with E-state index in [1.165, 1.54) is 41.5 Å². The molecule has 127 valence electrons. The van der Waals surface area contributed by atoms with Gasteiger partial charge in [-0.05, 0) is 39.0 Å². The zero-order valence-electron chi connectivity index (χ0n) is 13.5. The molecular weight excluding hydrogens is 439 g/mol. The molecule has 0 aliphatic heterocycles. The van der Waals surface area contributed by atoms with Gasteiger partial charge in [-0.2, -0.15) is 0 Å². The van der Waals surface area contributed by atoms with Gasteiger partial charge in [0.2, 0.25) is 0 Å². The fraction of sp³-hybridized carbons (Fsp3) is 0.400. The third kappa shape index (κ3) is 51.0. The number of carbonyl (C=O) groups excluding carboxylic acids is 3. The van der Waals surface area contributed by atoms with Crippen molar-refractivity contribution in [2.24, 2.45) is 0 Å². The molecule has 0 aromatic carbocycles. The van der Waals surface area contributed by atoms with E-state index in [1.54, 1.807) is 0 Å². The average Bonchev–Trinajstić information content (AvgIpc) is 2.10. The minimum Gasteiger partial charge on any atom is -0.876 e. The van der Waals surface area contributed by atoms with Crippen LogP contribution >= 0.6 is 0 Å². The molecule has 22 heavy (non-hydrogen) atoms. The van der Waals surface area contributed by atoms with E-state index in [-0.39, 0.29) is 72.8 Å². The van der Waals surface area contributed by atoms with Crippen LogP contribution in [0.1, 0.15) is 41.5 Å². The first kappa shape index (κ1) is 29.0. The van der Waals surface area contributed by atoms with E-state index < -0.39 is 0 Å². The Balaban J connectivity index is -0.000000108.